The molecular weight excluding hydrogens is 585 g/mol. The van der Waals surface area contributed by atoms with Crippen LogP contribution in [-0.2, 0) is 0 Å². The van der Waals surface area contributed by atoms with Crippen LogP contribution in [0.2, 0.25) is 0 Å². The normalized spacial score (nSPS) is 14.4. The van der Waals surface area contributed by atoms with Crippen LogP contribution in [0.4, 0.5) is 0 Å². The molecule has 0 saturated carbocycles. The highest BCUT2D eigenvalue weighted by atomic mass is 16.3. The number of unbranched alkanes of at least 4 members (excludes halogenated alkanes) is 29. The van der Waals surface area contributed by atoms with Crippen LogP contribution >= 0.6 is 0 Å². The second-order valence-electron chi connectivity index (χ2n) is 16.6. The molecule has 0 radical (unpaired) electrons. The maximum absolute atomic E-state index is 11.7. The quantitative estimate of drug-likeness (QED) is 0.0632. The van der Waals surface area contributed by atoms with Gasteiger partial charge in [0.2, 0.25) is 0 Å². The summed E-state index contributed by atoms with van der Waals surface area (Å²) in [5, 5.41) is 23.5. The Balaban J connectivity index is 4.59. The van der Waals surface area contributed by atoms with Gasteiger partial charge in [-0.2, -0.15) is 0 Å². The molecule has 2 atom stereocenters. The fourth-order valence-electron chi connectivity index (χ4n) is 8.01. The summed E-state index contributed by atoms with van der Waals surface area (Å²) in [5.41, 5.74) is -0.888. The average molecular weight is 679 g/mol. The predicted octanol–water partition coefficient (Wildman–Crippen LogP) is 16.1. The molecule has 0 aromatic rings. The van der Waals surface area contributed by atoms with Gasteiger partial charge in [0.15, 0.2) is 0 Å². The van der Waals surface area contributed by atoms with Crippen LogP contribution in [-0.4, -0.2) is 21.4 Å². The summed E-state index contributed by atoms with van der Waals surface area (Å²) < 4.78 is 0. The van der Waals surface area contributed by atoms with Crippen LogP contribution in [0, 0.1) is 0 Å². The minimum atomic E-state index is -0.444. The molecule has 0 aromatic carbocycles. The van der Waals surface area contributed by atoms with E-state index >= 15 is 0 Å². The van der Waals surface area contributed by atoms with Gasteiger partial charge in [0, 0.05) is 0 Å². The van der Waals surface area contributed by atoms with Gasteiger partial charge >= 0.3 is 0 Å². The Morgan fingerprint density at radius 1 is 0.208 bits per heavy atom. The van der Waals surface area contributed by atoms with Crippen molar-refractivity contribution in [3.63, 3.8) is 0 Å². The molecule has 2 unspecified atom stereocenters. The van der Waals surface area contributed by atoms with Crippen molar-refractivity contribution in [1.29, 1.82) is 0 Å². The lowest BCUT2D eigenvalue weighted by Crippen LogP contribution is -2.29. The second kappa shape index (κ2) is 36.7. The van der Waals surface area contributed by atoms with Gasteiger partial charge in [-0.15, -0.1) is 0 Å². The number of hydrogen-bond acceptors (Lipinski definition) is 2. The smallest absolute Gasteiger partial charge is 0.0647 e. The van der Waals surface area contributed by atoms with E-state index < -0.39 is 11.2 Å². The molecule has 0 aliphatic heterocycles. The second-order valence-corrected chi connectivity index (χ2v) is 16.6. The maximum Gasteiger partial charge on any atom is 0.0647 e. The lowest BCUT2D eigenvalue weighted by Gasteiger charge is -2.30. The molecule has 0 heterocycles. The third kappa shape index (κ3) is 33.1. The molecule has 0 bridgehead atoms. The average Bonchev–Trinajstić information content (AvgIpc) is 3.08. The molecule has 290 valence electrons. The van der Waals surface area contributed by atoms with Crippen molar-refractivity contribution in [2.24, 2.45) is 0 Å². The molecule has 48 heavy (non-hydrogen) atoms. The molecule has 2 nitrogen and oxygen atoms in total. The summed E-state index contributed by atoms with van der Waals surface area (Å²) in [6, 6.07) is 0. The third-order valence-electron chi connectivity index (χ3n) is 11.5. The summed E-state index contributed by atoms with van der Waals surface area (Å²) in [4.78, 5) is 0. The molecule has 0 aliphatic rings. The summed E-state index contributed by atoms with van der Waals surface area (Å²) in [7, 11) is 0. The Labute approximate surface area is 305 Å². The first-order valence-electron chi connectivity index (χ1n) is 22.9. The number of hydrogen-bond donors (Lipinski definition) is 2. The van der Waals surface area contributed by atoms with Gasteiger partial charge in [0.05, 0.1) is 11.2 Å². The zero-order valence-corrected chi connectivity index (χ0v) is 34.2. The standard InChI is InChI=1S/C46H94O2/c1-5-9-13-17-21-23-25-29-35-41-45(47,39-33-27-19-15-11-7-3)43-37-31-32-38-44-46(48,40-34-28-20-16-12-8-4)42-36-30-26-24-22-18-14-10-6-2/h47-48H,5-44H2,1-4H3. The topological polar surface area (TPSA) is 40.5 Å². The Morgan fingerprint density at radius 2 is 0.333 bits per heavy atom. The summed E-state index contributed by atoms with van der Waals surface area (Å²) in [5.74, 6) is 0. The Morgan fingerprint density at radius 3 is 0.479 bits per heavy atom. The van der Waals surface area contributed by atoms with Crippen LogP contribution in [0.1, 0.15) is 285 Å². The lowest BCUT2D eigenvalue weighted by atomic mass is 9.83. The van der Waals surface area contributed by atoms with Gasteiger partial charge in [-0.1, -0.05) is 246 Å². The highest BCUT2D eigenvalue weighted by molar-refractivity contribution is 4.80. The first kappa shape index (κ1) is 47.9. The van der Waals surface area contributed by atoms with Crippen molar-refractivity contribution in [3.8, 4) is 0 Å². The first-order chi connectivity index (χ1) is 23.4. The molecule has 2 heteroatoms. The van der Waals surface area contributed by atoms with Crippen molar-refractivity contribution in [2.75, 3.05) is 0 Å². The van der Waals surface area contributed by atoms with E-state index in [4.69, 9.17) is 0 Å². The lowest BCUT2D eigenvalue weighted by molar-refractivity contribution is 0.00331. The molecular formula is C46H94O2. The molecule has 0 aliphatic carbocycles. The van der Waals surface area contributed by atoms with E-state index in [2.05, 4.69) is 27.7 Å². The molecule has 0 rings (SSSR count). The fraction of sp³-hybridized carbons (Fsp3) is 1.00. The van der Waals surface area contributed by atoms with Crippen LogP contribution < -0.4 is 0 Å². The Kier molecular flexibility index (Phi) is 36.6. The highest BCUT2D eigenvalue weighted by Gasteiger charge is 2.27. The van der Waals surface area contributed by atoms with E-state index in [1.165, 1.54) is 205 Å². The molecule has 0 fully saturated rings. The third-order valence-corrected chi connectivity index (χ3v) is 11.5. The van der Waals surface area contributed by atoms with Crippen molar-refractivity contribution >= 4 is 0 Å². The van der Waals surface area contributed by atoms with Crippen LogP contribution in [0.3, 0.4) is 0 Å². The van der Waals surface area contributed by atoms with E-state index in [0.29, 0.717) is 0 Å². The zero-order chi connectivity index (χ0) is 35.3. The van der Waals surface area contributed by atoms with Crippen molar-refractivity contribution in [2.45, 2.75) is 296 Å². The highest BCUT2D eigenvalue weighted by Crippen LogP contribution is 2.31. The largest absolute Gasteiger partial charge is 0.390 e. The summed E-state index contributed by atoms with van der Waals surface area (Å²) >= 11 is 0. The summed E-state index contributed by atoms with van der Waals surface area (Å²) in [6.45, 7) is 9.17. The molecule has 2 N–H and O–H groups in total. The zero-order valence-electron chi connectivity index (χ0n) is 34.2. The predicted molar refractivity (Wildman–Crippen MR) is 217 cm³/mol. The first-order valence-corrected chi connectivity index (χ1v) is 22.9. The van der Waals surface area contributed by atoms with E-state index in [1.54, 1.807) is 0 Å². The van der Waals surface area contributed by atoms with Crippen LogP contribution in [0.25, 0.3) is 0 Å². The van der Waals surface area contributed by atoms with Gasteiger partial charge in [-0.3, -0.25) is 0 Å². The van der Waals surface area contributed by atoms with Crippen LogP contribution in [0.5, 0.6) is 0 Å². The molecule has 0 saturated heterocycles. The fourth-order valence-corrected chi connectivity index (χ4v) is 8.01. The van der Waals surface area contributed by atoms with Crippen LogP contribution in [0.15, 0.2) is 0 Å². The number of rotatable bonds is 41. The van der Waals surface area contributed by atoms with Crippen molar-refractivity contribution in [3.05, 3.63) is 0 Å². The Hall–Kier alpha value is -0.0800. The molecule has 0 aromatic heterocycles. The van der Waals surface area contributed by atoms with Gasteiger partial charge in [-0.05, 0) is 38.5 Å². The van der Waals surface area contributed by atoms with Gasteiger partial charge in [0.1, 0.15) is 0 Å². The number of aliphatic hydroxyl groups is 2. The van der Waals surface area contributed by atoms with Gasteiger partial charge in [0.25, 0.3) is 0 Å². The van der Waals surface area contributed by atoms with Crippen molar-refractivity contribution < 1.29 is 10.2 Å². The van der Waals surface area contributed by atoms with Gasteiger partial charge < -0.3 is 10.2 Å². The van der Waals surface area contributed by atoms with E-state index in [1.807, 2.05) is 0 Å². The molecule has 0 spiro atoms. The van der Waals surface area contributed by atoms with E-state index in [9.17, 15) is 10.2 Å². The molecule has 0 amide bonds. The van der Waals surface area contributed by atoms with E-state index in [0.717, 1.165) is 51.4 Å². The maximum atomic E-state index is 11.7. The minimum absolute atomic E-state index is 0.444. The summed E-state index contributed by atoms with van der Waals surface area (Å²) in [6.07, 6.45) is 50.7. The monoisotopic (exact) mass is 679 g/mol. The van der Waals surface area contributed by atoms with Gasteiger partial charge in [-0.25, -0.2) is 0 Å². The van der Waals surface area contributed by atoms with Crippen molar-refractivity contribution in [1.82, 2.24) is 0 Å². The SMILES string of the molecule is CCCCCCCCCCCC(O)(CCCCCCCC)CCCCCCC(O)(CCCCCCCC)CCCCCCCCCCC. The Bertz CT molecular complexity index is 553. The van der Waals surface area contributed by atoms with E-state index in [-0.39, 0.29) is 0 Å². The minimum Gasteiger partial charge on any atom is -0.390 e.